The fourth-order valence-electron chi connectivity index (χ4n) is 5.54. The number of hydrogen-bond acceptors (Lipinski definition) is 3. The number of fused-ring (bicyclic) bond motifs is 1. The molecule has 0 bridgehead atoms. The SMILES string of the molecule is C=C[C@@H](CCC)[C@@](O)(C(=O)O[C@@H]1C[C@H](C)CC[C@H]1C(C)C)C1=Cc2ccccc2CC1. The van der Waals surface area contributed by atoms with Gasteiger partial charge in [-0.2, -0.15) is 0 Å². The van der Waals surface area contributed by atoms with Crippen LogP contribution in [0.1, 0.15) is 77.3 Å². The summed E-state index contributed by atoms with van der Waals surface area (Å²) in [6.45, 7) is 12.7. The van der Waals surface area contributed by atoms with Gasteiger partial charge in [0.2, 0.25) is 0 Å². The predicted octanol–water partition coefficient (Wildman–Crippen LogP) is 6.35. The van der Waals surface area contributed by atoms with Gasteiger partial charge in [-0.25, -0.2) is 4.79 Å². The first-order chi connectivity index (χ1) is 14.8. The van der Waals surface area contributed by atoms with Gasteiger partial charge in [-0.15, -0.1) is 6.58 Å². The predicted molar refractivity (Wildman–Crippen MR) is 128 cm³/mol. The minimum atomic E-state index is -1.66. The summed E-state index contributed by atoms with van der Waals surface area (Å²) >= 11 is 0. The summed E-state index contributed by atoms with van der Waals surface area (Å²) in [5.41, 5.74) is 1.45. The van der Waals surface area contributed by atoms with Crippen LogP contribution in [0.25, 0.3) is 6.08 Å². The van der Waals surface area contributed by atoms with E-state index >= 15 is 0 Å². The molecule has 0 heterocycles. The van der Waals surface area contributed by atoms with Crippen LogP contribution in [-0.4, -0.2) is 22.8 Å². The maximum Gasteiger partial charge on any atom is 0.343 e. The van der Waals surface area contributed by atoms with E-state index in [-0.39, 0.29) is 12.0 Å². The Hall–Kier alpha value is -1.87. The smallest absolute Gasteiger partial charge is 0.343 e. The largest absolute Gasteiger partial charge is 0.460 e. The van der Waals surface area contributed by atoms with E-state index in [0.717, 1.165) is 36.8 Å². The topological polar surface area (TPSA) is 46.5 Å². The number of ether oxygens (including phenoxy) is 1. The van der Waals surface area contributed by atoms with Crippen molar-refractivity contribution < 1.29 is 14.6 Å². The third kappa shape index (κ3) is 4.98. The lowest BCUT2D eigenvalue weighted by Crippen LogP contribution is -2.51. The highest BCUT2D eigenvalue weighted by Gasteiger charge is 2.49. The van der Waals surface area contributed by atoms with Crippen LogP contribution in [0.15, 0.2) is 42.5 Å². The number of carbonyl (C=O) groups excluding carboxylic acids is 1. The molecule has 0 spiro atoms. The van der Waals surface area contributed by atoms with Crippen molar-refractivity contribution in [1.82, 2.24) is 0 Å². The van der Waals surface area contributed by atoms with Crippen LogP contribution in [0.2, 0.25) is 0 Å². The van der Waals surface area contributed by atoms with E-state index in [2.05, 4.69) is 46.4 Å². The van der Waals surface area contributed by atoms with E-state index in [4.69, 9.17) is 4.74 Å². The summed E-state index contributed by atoms with van der Waals surface area (Å²) in [4.78, 5) is 13.7. The lowest BCUT2D eigenvalue weighted by molar-refractivity contribution is -0.177. The van der Waals surface area contributed by atoms with Gasteiger partial charge >= 0.3 is 5.97 Å². The van der Waals surface area contributed by atoms with Gasteiger partial charge in [0.1, 0.15) is 6.10 Å². The molecule has 5 atom stereocenters. The monoisotopic (exact) mass is 424 g/mol. The molecule has 2 aliphatic rings. The molecule has 0 radical (unpaired) electrons. The number of aliphatic hydroxyl groups is 1. The van der Waals surface area contributed by atoms with Crippen molar-refractivity contribution in [2.75, 3.05) is 0 Å². The summed E-state index contributed by atoms with van der Waals surface area (Å²) in [6, 6.07) is 8.22. The van der Waals surface area contributed by atoms with E-state index in [1.54, 1.807) is 6.08 Å². The molecule has 1 N–H and O–H groups in total. The lowest BCUT2D eigenvalue weighted by atomic mass is 9.73. The maximum absolute atomic E-state index is 13.7. The van der Waals surface area contributed by atoms with E-state index in [0.29, 0.717) is 30.6 Å². The van der Waals surface area contributed by atoms with Crippen molar-refractivity contribution in [2.45, 2.75) is 84.3 Å². The Kier molecular flexibility index (Phi) is 7.80. The molecule has 0 saturated heterocycles. The van der Waals surface area contributed by atoms with Crippen LogP contribution >= 0.6 is 0 Å². The standard InChI is InChI=1S/C28H40O3/c1-6-10-23(7-2)28(30,24-15-14-21-11-8-9-12-22(21)18-24)27(29)31-26-17-20(5)13-16-25(26)19(3)4/h7-9,11-12,18-20,23,25-26,30H,2,6,10,13-17H2,1,3-5H3/t20-,23+,25+,26-,28+/m1/s1. The molecule has 3 heteroatoms. The van der Waals surface area contributed by atoms with Gasteiger partial charge in [0.05, 0.1) is 0 Å². The molecule has 2 aliphatic carbocycles. The van der Waals surface area contributed by atoms with Crippen molar-refractivity contribution >= 4 is 12.0 Å². The van der Waals surface area contributed by atoms with Gasteiger partial charge in [-0.05, 0) is 66.6 Å². The van der Waals surface area contributed by atoms with E-state index in [1.165, 1.54) is 12.0 Å². The molecular weight excluding hydrogens is 384 g/mol. The minimum Gasteiger partial charge on any atom is -0.460 e. The molecular formula is C28H40O3. The van der Waals surface area contributed by atoms with Crippen molar-refractivity contribution in [1.29, 1.82) is 0 Å². The number of carbonyl (C=O) groups is 1. The first kappa shape index (κ1) is 23.8. The first-order valence-electron chi connectivity index (χ1n) is 12.2. The number of esters is 1. The number of benzene rings is 1. The molecule has 0 aromatic heterocycles. The van der Waals surface area contributed by atoms with E-state index < -0.39 is 11.6 Å². The van der Waals surface area contributed by atoms with Crippen LogP contribution in [0.4, 0.5) is 0 Å². The molecule has 0 aliphatic heterocycles. The Morgan fingerprint density at radius 3 is 2.71 bits per heavy atom. The normalized spacial score (nSPS) is 26.4. The van der Waals surface area contributed by atoms with E-state index in [9.17, 15) is 9.90 Å². The Morgan fingerprint density at radius 1 is 1.29 bits per heavy atom. The highest BCUT2D eigenvalue weighted by atomic mass is 16.6. The van der Waals surface area contributed by atoms with Gasteiger partial charge in [0.25, 0.3) is 0 Å². The van der Waals surface area contributed by atoms with Crippen molar-refractivity contribution in [3.05, 3.63) is 53.6 Å². The fraction of sp³-hybridized carbons (Fsp3) is 0.607. The second kappa shape index (κ2) is 10.2. The highest BCUT2D eigenvalue weighted by Crippen LogP contribution is 2.41. The van der Waals surface area contributed by atoms with Crippen LogP contribution in [0.5, 0.6) is 0 Å². The van der Waals surface area contributed by atoms with Crippen LogP contribution < -0.4 is 0 Å². The zero-order valence-electron chi connectivity index (χ0n) is 19.8. The molecule has 1 aromatic rings. The maximum atomic E-state index is 13.7. The lowest BCUT2D eigenvalue weighted by Gasteiger charge is -2.41. The van der Waals surface area contributed by atoms with Gasteiger partial charge in [0.15, 0.2) is 5.60 Å². The second-order valence-electron chi connectivity index (χ2n) is 10.0. The van der Waals surface area contributed by atoms with Crippen molar-refractivity contribution in [3.8, 4) is 0 Å². The molecule has 1 saturated carbocycles. The second-order valence-corrected chi connectivity index (χ2v) is 10.0. The number of aryl methyl sites for hydroxylation is 1. The van der Waals surface area contributed by atoms with Gasteiger partial charge in [-0.1, -0.05) is 77.0 Å². The first-order valence-corrected chi connectivity index (χ1v) is 12.2. The highest BCUT2D eigenvalue weighted by molar-refractivity contribution is 5.87. The van der Waals surface area contributed by atoms with E-state index in [1.807, 2.05) is 18.2 Å². The zero-order valence-corrected chi connectivity index (χ0v) is 19.8. The third-order valence-corrected chi connectivity index (χ3v) is 7.49. The zero-order chi connectivity index (χ0) is 22.6. The Bertz CT molecular complexity index is 808. The van der Waals surface area contributed by atoms with Gasteiger partial charge in [0, 0.05) is 5.92 Å². The molecule has 1 aromatic carbocycles. The molecule has 170 valence electrons. The van der Waals surface area contributed by atoms with Crippen LogP contribution in [0, 0.1) is 23.7 Å². The van der Waals surface area contributed by atoms with Crippen LogP contribution in [0.3, 0.4) is 0 Å². The number of rotatable bonds is 8. The quantitative estimate of drug-likeness (QED) is 0.390. The molecule has 0 unspecified atom stereocenters. The average Bonchev–Trinajstić information content (AvgIpc) is 2.76. The minimum absolute atomic E-state index is 0.133. The summed E-state index contributed by atoms with van der Waals surface area (Å²) in [5.74, 6) is 0.484. The summed E-state index contributed by atoms with van der Waals surface area (Å²) in [5, 5.41) is 12.0. The Labute approximate surface area is 188 Å². The summed E-state index contributed by atoms with van der Waals surface area (Å²) in [7, 11) is 0. The summed E-state index contributed by atoms with van der Waals surface area (Å²) < 4.78 is 6.19. The van der Waals surface area contributed by atoms with Gasteiger partial charge < -0.3 is 9.84 Å². The van der Waals surface area contributed by atoms with Crippen LogP contribution in [-0.2, 0) is 16.0 Å². The molecule has 1 fully saturated rings. The molecule has 3 nitrogen and oxygen atoms in total. The third-order valence-electron chi connectivity index (χ3n) is 7.49. The Balaban J connectivity index is 1.96. The van der Waals surface area contributed by atoms with Gasteiger partial charge in [-0.3, -0.25) is 0 Å². The Morgan fingerprint density at radius 2 is 2.03 bits per heavy atom. The molecule has 3 rings (SSSR count). The number of hydrogen-bond donors (Lipinski definition) is 1. The fourth-order valence-corrected chi connectivity index (χ4v) is 5.54. The molecule has 31 heavy (non-hydrogen) atoms. The van der Waals surface area contributed by atoms with Crippen molar-refractivity contribution in [3.63, 3.8) is 0 Å². The summed E-state index contributed by atoms with van der Waals surface area (Å²) in [6.07, 6.45) is 9.79. The average molecular weight is 425 g/mol. The van der Waals surface area contributed by atoms with Crippen molar-refractivity contribution in [2.24, 2.45) is 23.7 Å². The molecule has 0 amide bonds.